The van der Waals surface area contributed by atoms with Crippen LogP contribution in [0.15, 0.2) is 51.8 Å². The minimum absolute atomic E-state index is 0.0969. The predicted molar refractivity (Wildman–Crippen MR) is 105 cm³/mol. The molecule has 9 heteroatoms. The lowest BCUT2D eigenvalue weighted by Gasteiger charge is -2.17. The Morgan fingerprint density at radius 2 is 1.78 bits per heavy atom. The summed E-state index contributed by atoms with van der Waals surface area (Å²) in [6.45, 7) is 1.38. The monoisotopic (exact) mass is 454 g/mol. The van der Waals surface area contributed by atoms with E-state index in [-0.39, 0.29) is 11.4 Å². The van der Waals surface area contributed by atoms with Gasteiger partial charge in [0.15, 0.2) is 0 Å². The zero-order chi connectivity index (χ0) is 20.2. The Kier molecular flexibility index (Phi) is 6.74. The SMILES string of the molecule is COC(=O)c1ccc(NC(=O)CN(C)S(=O)(=O)c2ccc(Br)cc2)c(C)c1. The molecule has 7 nitrogen and oxygen atoms in total. The van der Waals surface area contributed by atoms with E-state index in [9.17, 15) is 18.0 Å². The van der Waals surface area contributed by atoms with Crippen molar-refractivity contribution in [3.8, 4) is 0 Å². The molecule has 0 atom stereocenters. The summed E-state index contributed by atoms with van der Waals surface area (Å²) >= 11 is 3.25. The Morgan fingerprint density at radius 1 is 1.15 bits per heavy atom. The van der Waals surface area contributed by atoms with E-state index in [2.05, 4.69) is 26.0 Å². The summed E-state index contributed by atoms with van der Waals surface area (Å²) in [5, 5.41) is 2.65. The van der Waals surface area contributed by atoms with Crippen LogP contribution in [0.4, 0.5) is 5.69 Å². The van der Waals surface area contributed by atoms with Gasteiger partial charge in [-0.15, -0.1) is 0 Å². The molecule has 1 N–H and O–H groups in total. The molecule has 2 aromatic rings. The van der Waals surface area contributed by atoms with Crippen LogP contribution in [0.2, 0.25) is 0 Å². The fraction of sp³-hybridized carbons (Fsp3) is 0.222. The first kappa shape index (κ1) is 21.1. The quantitative estimate of drug-likeness (QED) is 0.677. The number of methoxy groups -OCH3 is 1. The molecule has 0 saturated carbocycles. The molecule has 0 fully saturated rings. The van der Waals surface area contributed by atoms with Gasteiger partial charge in [0, 0.05) is 17.2 Å². The largest absolute Gasteiger partial charge is 0.465 e. The summed E-state index contributed by atoms with van der Waals surface area (Å²) in [7, 11) is -1.16. The molecular weight excluding hydrogens is 436 g/mol. The van der Waals surface area contributed by atoms with Crippen molar-refractivity contribution in [3.05, 3.63) is 58.1 Å². The van der Waals surface area contributed by atoms with Crippen molar-refractivity contribution >= 4 is 43.5 Å². The molecule has 2 rings (SSSR count). The zero-order valence-corrected chi connectivity index (χ0v) is 17.4. The first-order valence-electron chi connectivity index (χ1n) is 7.86. The van der Waals surface area contributed by atoms with Gasteiger partial charge in [0.05, 0.1) is 24.1 Å². The third-order valence-corrected chi connectivity index (χ3v) is 6.16. The van der Waals surface area contributed by atoms with Crippen LogP contribution in [0.25, 0.3) is 0 Å². The summed E-state index contributed by atoms with van der Waals surface area (Å²) in [4.78, 5) is 23.9. The highest BCUT2D eigenvalue weighted by Gasteiger charge is 2.23. The van der Waals surface area contributed by atoms with Crippen LogP contribution >= 0.6 is 15.9 Å². The van der Waals surface area contributed by atoms with Gasteiger partial charge in [-0.25, -0.2) is 13.2 Å². The van der Waals surface area contributed by atoms with E-state index in [1.807, 2.05) is 0 Å². The minimum Gasteiger partial charge on any atom is -0.465 e. The molecule has 144 valence electrons. The molecule has 1 amide bonds. The van der Waals surface area contributed by atoms with Gasteiger partial charge in [-0.05, 0) is 55.0 Å². The number of anilines is 1. The molecule has 0 aromatic heterocycles. The number of ether oxygens (including phenoxy) is 1. The Hall–Kier alpha value is -2.23. The fourth-order valence-corrected chi connectivity index (χ4v) is 3.70. The van der Waals surface area contributed by atoms with Gasteiger partial charge >= 0.3 is 5.97 Å². The molecule has 0 bridgehead atoms. The third-order valence-electron chi connectivity index (χ3n) is 3.81. The van der Waals surface area contributed by atoms with E-state index in [1.165, 1.54) is 32.4 Å². The summed E-state index contributed by atoms with van der Waals surface area (Å²) in [6, 6.07) is 10.8. The molecule has 0 heterocycles. The van der Waals surface area contributed by atoms with Gasteiger partial charge in [-0.2, -0.15) is 4.31 Å². The lowest BCUT2D eigenvalue weighted by molar-refractivity contribution is -0.116. The number of amides is 1. The van der Waals surface area contributed by atoms with Gasteiger partial charge in [-0.1, -0.05) is 15.9 Å². The first-order valence-corrected chi connectivity index (χ1v) is 10.1. The average molecular weight is 455 g/mol. The lowest BCUT2D eigenvalue weighted by Crippen LogP contribution is -2.35. The normalized spacial score (nSPS) is 11.3. The molecule has 2 aromatic carbocycles. The summed E-state index contributed by atoms with van der Waals surface area (Å²) in [5.74, 6) is -0.969. The van der Waals surface area contributed by atoms with E-state index >= 15 is 0 Å². The zero-order valence-electron chi connectivity index (χ0n) is 15.0. The van der Waals surface area contributed by atoms with Gasteiger partial charge in [0.25, 0.3) is 0 Å². The van der Waals surface area contributed by atoms with Crippen molar-refractivity contribution in [1.82, 2.24) is 4.31 Å². The molecule has 0 saturated heterocycles. The van der Waals surface area contributed by atoms with Gasteiger partial charge in [0.1, 0.15) is 0 Å². The first-order chi connectivity index (χ1) is 12.6. The molecule has 27 heavy (non-hydrogen) atoms. The highest BCUT2D eigenvalue weighted by molar-refractivity contribution is 9.10. The highest BCUT2D eigenvalue weighted by Crippen LogP contribution is 2.19. The Balaban J connectivity index is 2.08. The van der Waals surface area contributed by atoms with Crippen LogP contribution in [0.3, 0.4) is 0 Å². The van der Waals surface area contributed by atoms with Crippen molar-refractivity contribution in [2.75, 3.05) is 26.0 Å². The van der Waals surface area contributed by atoms with Gasteiger partial charge < -0.3 is 10.1 Å². The maximum atomic E-state index is 12.5. The summed E-state index contributed by atoms with van der Waals surface area (Å²) in [5.41, 5.74) is 1.51. The number of rotatable bonds is 6. The standard InChI is InChI=1S/C18H19BrN2O5S/c1-12-10-13(18(23)26-3)4-9-16(12)20-17(22)11-21(2)27(24,25)15-7-5-14(19)6-8-15/h4-10H,11H2,1-3H3,(H,20,22). The Labute approximate surface area is 166 Å². The van der Waals surface area contributed by atoms with Crippen LogP contribution in [0.5, 0.6) is 0 Å². The van der Waals surface area contributed by atoms with Crippen molar-refractivity contribution in [2.45, 2.75) is 11.8 Å². The second-order valence-corrected chi connectivity index (χ2v) is 8.75. The van der Waals surface area contributed by atoms with E-state index < -0.39 is 21.9 Å². The van der Waals surface area contributed by atoms with E-state index in [0.717, 1.165) is 8.78 Å². The number of nitrogens with one attached hydrogen (secondary N) is 1. The average Bonchev–Trinajstić information content (AvgIpc) is 2.63. The maximum absolute atomic E-state index is 12.5. The molecular formula is C18H19BrN2O5S. The molecule has 0 unspecified atom stereocenters. The molecule has 0 radical (unpaired) electrons. The van der Waals surface area contributed by atoms with Crippen molar-refractivity contribution < 1.29 is 22.7 Å². The number of likely N-dealkylation sites (N-methyl/N-ethyl adjacent to an activating group) is 1. The fourth-order valence-electron chi connectivity index (χ4n) is 2.31. The number of aryl methyl sites for hydroxylation is 1. The molecule has 0 spiro atoms. The van der Waals surface area contributed by atoms with Crippen molar-refractivity contribution in [3.63, 3.8) is 0 Å². The van der Waals surface area contributed by atoms with Crippen LogP contribution in [-0.4, -0.2) is 45.3 Å². The number of halogens is 1. The number of hydrogen-bond acceptors (Lipinski definition) is 5. The van der Waals surface area contributed by atoms with E-state index in [4.69, 9.17) is 0 Å². The van der Waals surface area contributed by atoms with Crippen LogP contribution in [-0.2, 0) is 19.6 Å². The topological polar surface area (TPSA) is 92.8 Å². The number of carbonyl (C=O) groups excluding carboxylic acids is 2. The summed E-state index contributed by atoms with van der Waals surface area (Å²) in [6.07, 6.45) is 0. The third kappa shape index (κ3) is 5.15. The molecule has 0 aliphatic rings. The van der Waals surface area contributed by atoms with Crippen LogP contribution < -0.4 is 5.32 Å². The number of benzene rings is 2. The maximum Gasteiger partial charge on any atom is 0.337 e. The second-order valence-electron chi connectivity index (χ2n) is 5.78. The number of hydrogen-bond donors (Lipinski definition) is 1. The highest BCUT2D eigenvalue weighted by atomic mass is 79.9. The van der Waals surface area contributed by atoms with Crippen molar-refractivity contribution in [2.24, 2.45) is 0 Å². The van der Waals surface area contributed by atoms with Crippen LogP contribution in [0, 0.1) is 6.92 Å². The Morgan fingerprint density at radius 3 is 2.33 bits per heavy atom. The predicted octanol–water partition coefficient (Wildman–Crippen LogP) is 2.80. The number of sulfonamides is 1. The number of carbonyl (C=O) groups is 2. The van der Waals surface area contributed by atoms with E-state index in [1.54, 1.807) is 31.2 Å². The smallest absolute Gasteiger partial charge is 0.337 e. The van der Waals surface area contributed by atoms with Gasteiger partial charge in [0.2, 0.25) is 15.9 Å². The second kappa shape index (κ2) is 8.64. The van der Waals surface area contributed by atoms with Crippen molar-refractivity contribution in [1.29, 1.82) is 0 Å². The number of nitrogens with zero attached hydrogens (tertiary/aromatic N) is 1. The summed E-state index contributed by atoms with van der Waals surface area (Å²) < 4.78 is 31.4. The number of esters is 1. The molecule has 0 aliphatic carbocycles. The minimum atomic E-state index is -3.78. The Bertz CT molecular complexity index is 958. The van der Waals surface area contributed by atoms with Gasteiger partial charge in [-0.3, -0.25) is 4.79 Å². The molecule has 0 aliphatic heterocycles. The lowest BCUT2D eigenvalue weighted by atomic mass is 10.1. The van der Waals surface area contributed by atoms with E-state index in [0.29, 0.717) is 16.8 Å². The van der Waals surface area contributed by atoms with Crippen LogP contribution in [0.1, 0.15) is 15.9 Å².